The fourth-order valence-electron chi connectivity index (χ4n) is 1.24. The van der Waals surface area contributed by atoms with Crippen molar-refractivity contribution in [1.82, 2.24) is 10.4 Å². The molecule has 0 spiro atoms. The number of amidine groups is 1. The maximum atomic E-state index is 5.41. The SMILES string of the molecule is Cc1cccc(C(=NC2CC2)NN)n1. The first-order chi connectivity index (χ1) is 6.79. The van der Waals surface area contributed by atoms with E-state index in [1.165, 1.54) is 0 Å². The highest BCUT2D eigenvalue weighted by Crippen LogP contribution is 2.23. The van der Waals surface area contributed by atoms with Crippen molar-refractivity contribution >= 4 is 5.84 Å². The average molecular weight is 190 g/mol. The summed E-state index contributed by atoms with van der Waals surface area (Å²) < 4.78 is 0. The van der Waals surface area contributed by atoms with Crippen LogP contribution in [0.3, 0.4) is 0 Å². The lowest BCUT2D eigenvalue weighted by atomic mass is 10.3. The Morgan fingerprint density at radius 2 is 2.36 bits per heavy atom. The lowest BCUT2D eigenvalue weighted by Gasteiger charge is -2.04. The number of rotatable bonds is 2. The van der Waals surface area contributed by atoms with Gasteiger partial charge in [-0.3, -0.25) is 4.99 Å². The molecule has 14 heavy (non-hydrogen) atoms. The van der Waals surface area contributed by atoms with Gasteiger partial charge in [-0.15, -0.1) is 0 Å². The Morgan fingerprint density at radius 1 is 1.57 bits per heavy atom. The fourth-order valence-corrected chi connectivity index (χ4v) is 1.24. The summed E-state index contributed by atoms with van der Waals surface area (Å²) in [5.74, 6) is 6.10. The van der Waals surface area contributed by atoms with E-state index in [0.717, 1.165) is 24.2 Å². The van der Waals surface area contributed by atoms with Crippen molar-refractivity contribution in [3.05, 3.63) is 29.6 Å². The summed E-state index contributed by atoms with van der Waals surface area (Å²) >= 11 is 0. The van der Waals surface area contributed by atoms with Crippen LogP contribution in [0.15, 0.2) is 23.2 Å². The fraction of sp³-hybridized carbons (Fsp3) is 0.400. The van der Waals surface area contributed by atoms with Crippen LogP contribution in [0, 0.1) is 6.92 Å². The van der Waals surface area contributed by atoms with Crippen LogP contribution in [0.25, 0.3) is 0 Å². The van der Waals surface area contributed by atoms with Crippen molar-refractivity contribution in [2.45, 2.75) is 25.8 Å². The van der Waals surface area contributed by atoms with Crippen molar-refractivity contribution in [3.63, 3.8) is 0 Å². The smallest absolute Gasteiger partial charge is 0.161 e. The maximum absolute atomic E-state index is 5.41. The van der Waals surface area contributed by atoms with E-state index in [9.17, 15) is 0 Å². The molecule has 0 bridgehead atoms. The van der Waals surface area contributed by atoms with E-state index >= 15 is 0 Å². The predicted molar refractivity (Wildman–Crippen MR) is 55.9 cm³/mol. The van der Waals surface area contributed by atoms with Gasteiger partial charge in [0.15, 0.2) is 5.84 Å². The number of aliphatic imine (C=N–C) groups is 1. The normalized spacial score (nSPS) is 16.9. The Morgan fingerprint density at radius 3 is 2.93 bits per heavy atom. The van der Waals surface area contributed by atoms with Crippen molar-refractivity contribution in [2.75, 3.05) is 0 Å². The lowest BCUT2D eigenvalue weighted by molar-refractivity contribution is 0.958. The highest BCUT2D eigenvalue weighted by atomic mass is 15.3. The second-order valence-electron chi connectivity index (χ2n) is 3.52. The molecule has 0 amide bonds. The molecule has 1 heterocycles. The van der Waals surface area contributed by atoms with Crippen LogP contribution in [0.2, 0.25) is 0 Å². The van der Waals surface area contributed by atoms with Crippen LogP contribution in [0.1, 0.15) is 24.2 Å². The maximum Gasteiger partial charge on any atom is 0.161 e. The van der Waals surface area contributed by atoms with Crippen molar-refractivity contribution in [1.29, 1.82) is 0 Å². The van der Waals surface area contributed by atoms with Crippen LogP contribution in [0.4, 0.5) is 0 Å². The van der Waals surface area contributed by atoms with Gasteiger partial charge in [-0.05, 0) is 31.9 Å². The van der Waals surface area contributed by atoms with Crippen LogP contribution < -0.4 is 11.3 Å². The minimum absolute atomic E-state index is 0.448. The molecule has 0 atom stereocenters. The Kier molecular flexibility index (Phi) is 2.45. The van der Waals surface area contributed by atoms with Gasteiger partial charge < -0.3 is 5.43 Å². The first kappa shape index (κ1) is 9.15. The van der Waals surface area contributed by atoms with Gasteiger partial charge in [-0.25, -0.2) is 10.8 Å². The zero-order valence-electron chi connectivity index (χ0n) is 8.20. The van der Waals surface area contributed by atoms with Crippen molar-refractivity contribution in [2.24, 2.45) is 10.8 Å². The standard InChI is InChI=1S/C10H14N4/c1-7-3-2-4-9(12-7)10(14-11)13-8-5-6-8/h2-4,8H,5-6,11H2,1H3,(H,13,14). The molecular weight excluding hydrogens is 176 g/mol. The number of pyridine rings is 1. The molecule has 0 radical (unpaired) electrons. The number of aromatic nitrogens is 1. The molecule has 74 valence electrons. The topological polar surface area (TPSA) is 63.3 Å². The van der Waals surface area contributed by atoms with E-state index in [1.807, 2.05) is 25.1 Å². The zero-order valence-corrected chi connectivity index (χ0v) is 8.20. The summed E-state index contributed by atoms with van der Waals surface area (Å²) in [4.78, 5) is 8.79. The molecule has 4 heteroatoms. The number of hydrazine groups is 1. The second kappa shape index (κ2) is 3.75. The lowest BCUT2D eigenvalue weighted by Crippen LogP contribution is -2.32. The quantitative estimate of drug-likeness (QED) is 0.313. The second-order valence-corrected chi connectivity index (χ2v) is 3.52. The summed E-state index contributed by atoms with van der Waals surface area (Å²) in [6.07, 6.45) is 2.33. The van der Waals surface area contributed by atoms with Gasteiger partial charge in [0, 0.05) is 5.69 Å². The Labute approximate surface area is 83.2 Å². The van der Waals surface area contributed by atoms with Gasteiger partial charge in [0.2, 0.25) is 0 Å². The van der Waals surface area contributed by atoms with Gasteiger partial charge in [0.05, 0.1) is 6.04 Å². The molecule has 0 aromatic carbocycles. The van der Waals surface area contributed by atoms with E-state index < -0.39 is 0 Å². The van der Waals surface area contributed by atoms with E-state index in [0.29, 0.717) is 11.9 Å². The van der Waals surface area contributed by atoms with E-state index in [1.54, 1.807) is 0 Å². The minimum atomic E-state index is 0.448. The first-order valence-electron chi connectivity index (χ1n) is 4.78. The van der Waals surface area contributed by atoms with Gasteiger partial charge in [0.1, 0.15) is 5.69 Å². The third-order valence-corrected chi connectivity index (χ3v) is 2.13. The molecule has 1 aromatic rings. The number of nitrogens with two attached hydrogens (primary N) is 1. The minimum Gasteiger partial charge on any atom is -0.307 e. The molecule has 1 fully saturated rings. The third-order valence-electron chi connectivity index (χ3n) is 2.13. The monoisotopic (exact) mass is 190 g/mol. The summed E-state index contributed by atoms with van der Waals surface area (Å²) in [5.41, 5.74) is 4.40. The van der Waals surface area contributed by atoms with Gasteiger partial charge >= 0.3 is 0 Å². The zero-order chi connectivity index (χ0) is 9.97. The van der Waals surface area contributed by atoms with Crippen molar-refractivity contribution in [3.8, 4) is 0 Å². The van der Waals surface area contributed by atoms with Gasteiger partial charge in [-0.2, -0.15) is 0 Å². The molecule has 4 nitrogen and oxygen atoms in total. The molecule has 1 aliphatic carbocycles. The van der Waals surface area contributed by atoms with Crippen molar-refractivity contribution < 1.29 is 0 Å². The Bertz CT molecular complexity index is 355. The highest BCUT2D eigenvalue weighted by Gasteiger charge is 2.21. The summed E-state index contributed by atoms with van der Waals surface area (Å²) in [6.45, 7) is 1.95. The third kappa shape index (κ3) is 2.09. The molecule has 2 rings (SSSR count). The largest absolute Gasteiger partial charge is 0.307 e. The summed E-state index contributed by atoms with van der Waals surface area (Å²) in [5, 5.41) is 0. The van der Waals surface area contributed by atoms with E-state index in [-0.39, 0.29) is 0 Å². The number of aryl methyl sites for hydroxylation is 1. The molecule has 0 aliphatic heterocycles. The number of nitrogens with zero attached hydrogens (tertiary/aromatic N) is 2. The number of hydrogen-bond acceptors (Lipinski definition) is 3. The Hall–Kier alpha value is -1.42. The summed E-state index contributed by atoms with van der Waals surface area (Å²) in [7, 11) is 0. The van der Waals surface area contributed by atoms with Gasteiger partial charge in [-0.1, -0.05) is 6.07 Å². The summed E-state index contributed by atoms with van der Waals surface area (Å²) in [6, 6.07) is 6.27. The molecule has 1 saturated carbocycles. The van der Waals surface area contributed by atoms with E-state index in [4.69, 9.17) is 5.84 Å². The van der Waals surface area contributed by atoms with E-state index in [2.05, 4.69) is 15.4 Å². The van der Waals surface area contributed by atoms with Crippen LogP contribution in [0.5, 0.6) is 0 Å². The average Bonchev–Trinajstić information content (AvgIpc) is 2.98. The molecular formula is C10H14N4. The molecule has 3 N–H and O–H groups in total. The first-order valence-corrected chi connectivity index (χ1v) is 4.78. The predicted octanol–water partition coefficient (Wildman–Crippen LogP) is 0.762. The van der Waals surface area contributed by atoms with Crippen LogP contribution in [-0.4, -0.2) is 16.9 Å². The van der Waals surface area contributed by atoms with Crippen LogP contribution >= 0.6 is 0 Å². The van der Waals surface area contributed by atoms with Gasteiger partial charge in [0.25, 0.3) is 0 Å². The molecule has 0 saturated heterocycles. The Balaban J connectivity index is 2.26. The number of nitrogens with one attached hydrogen (secondary N) is 1. The molecule has 1 aliphatic rings. The highest BCUT2D eigenvalue weighted by molar-refractivity contribution is 5.96. The van der Waals surface area contributed by atoms with Crippen LogP contribution in [-0.2, 0) is 0 Å². The molecule has 0 unspecified atom stereocenters. The number of hydrogen-bond donors (Lipinski definition) is 2. The molecule has 1 aromatic heterocycles.